The minimum Gasteiger partial charge on any atom is -0.496 e. The summed E-state index contributed by atoms with van der Waals surface area (Å²) >= 11 is 0. The topological polar surface area (TPSA) is 36.9 Å². The molecule has 2 rings (SSSR count). The third-order valence-corrected chi connectivity index (χ3v) is 3.05. The SMILES string of the molecule is CC.COc1ccc(C2COC2)cc1C(OC)OC. The van der Waals surface area contributed by atoms with Crippen LogP contribution >= 0.6 is 0 Å². The van der Waals surface area contributed by atoms with Crippen molar-refractivity contribution in [3.63, 3.8) is 0 Å². The lowest BCUT2D eigenvalue weighted by atomic mass is 9.95. The van der Waals surface area contributed by atoms with E-state index in [0.717, 1.165) is 24.5 Å². The summed E-state index contributed by atoms with van der Waals surface area (Å²) in [4.78, 5) is 0. The molecule has 19 heavy (non-hydrogen) atoms. The minimum absolute atomic E-state index is 0.397. The second kappa shape index (κ2) is 8.15. The van der Waals surface area contributed by atoms with E-state index < -0.39 is 6.29 Å². The van der Waals surface area contributed by atoms with Gasteiger partial charge in [-0.3, -0.25) is 0 Å². The Morgan fingerprint density at radius 2 is 1.74 bits per heavy atom. The number of ether oxygens (including phenoxy) is 4. The van der Waals surface area contributed by atoms with E-state index >= 15 is 0 Å². The summed E-state index contributed by atoms with van der Waals surface area (Å²) in [5.74, 6) is 1.26. The van der Waals surface area contributed by atoms with Crippen molar-refractivity contribution in [1.29, 1.82) is 0 Å². The average molecular weight is 268 g/mol. The van der Waals surface area contributed by atoms with Gasteiger partial charge in [0.1, 0.15) is 5.75 Å². The van der Waals surface area contributed by atoms with Crippen LogP contribution in [0.2, 0.25) is 0 Å². The fraction of sp³-hybridized carbons (Fsp3) is 0.600. The number of rotatable bonds is 5. The Balaban J connectivity index is 0.000000861. The van der Waals surface area contributed by atoms with Gasteiger partial charge in [0.05, 0.1) is 20.3 Å². The molecule has 1 fully saturated rings. The van der Waals surface area contributed by atoms with Crippen molar-refractivity contribution in [2.24, 2.45) is 0 Å². The second-order valence-electron chi connectivity index (χ2n) is 4.04. The van der Waals surface area contributed by atoms with Gasteiger partial charge in [-0.25, -0.2) is 0 Å². The number of benzene rings is 1. The van der Waals surface area contributed by atoms with Gasteiger partial charge in [0, 0.05) is 25.7 Å². The zero-order valence-electron chi connectivity index (χ0n) is 12.4. The molecule has 0 atom stereocenters. The predicted molar refractivity (Wildman–Crippen MR) is 74.7 cm³/mol. The molecule has 108 valence electrons. The van der Waals surface area contributed by atoms with Crippen molar-refractivity contribution in [3.05, 3.63) is 29.3 Å². The van der Waals surface area contributed by atoms with E-state index in [-0.39, 0.29) is 0 Å². The Morgan fingerprint density at radius 1 is 1.11 bits per heavy atom. The summed E-state index contributed by atoms with van der Waals surface area (Å²) in [5, 5.41) is 0. The van der Waals surface area contributed by atoms with E-state index in [0.29, 0.717) is 5.92 Å². The van der Waals surface area contributed by atoms with Crippen LogP contribution in [-0.4, -0.2) is 34.5 Å². The van der Waals surface area contributed by atoms with Crippen LogP contribution in [-0.2, 0) is 14.2 Å². The van der Waals surface area contributed by atoms with Crippen molar-refractivity contribution < 1.29 is 18.9 Å². The summed E-state index contributed by atoms with van der Waals surface area (Å²) in [5.41, 5.74) is 2.16. The molecule has 0 unspecified atom stereocenters. The van der Waals surface area contributed by atoms with E-state index in [1.807, 2.05) is 19.9 Å². The van der Waals surface area contributed by atoms with Crippen LogP contribution in [0.1, 0.15) is 37.2 Å². The van der Waals surface area contributed by atoms with E-state index in [1.54, 1.807) is 21.3 Å². The van der Waals surface area contributed by atoms with Crippen LogP contribution < -0.4 is 4.74 Å². The Bertz CT molecular complexity index is 370. The first kappa shape index (κ1) is 16.0. The molecule has 0 saturated carbocycles. The zero-order chi connectivity index (χ0) is 14.3. The largest absolute Gasteiger partial charge is 0.496 e. The van der Waals surface area contributed by atoms with Crippen LogP contribution in [0.15, 0.2) is 18.2 Å². The number of hydrogen-bond acceptors (Lipinski definition) is 4. The van der Waals surface area contributed by atoms with Gasteiger partial charge in [-0.2, -0.15) is 0 Å². The summed E-state index contributed by atoms with van der Waals surface area (Å²) in [6.07, 6.45) is -0.397. The Hall–Kier alpha value is -1.10. The van der Waals surface area contributed by atoms with Crippen molar-refractivity contribution in [3.8, 4) is 5.75 Å². The molecular formula is C15H24O4. The molecule has 4 nitrogen and oxygen atoms in total. The zero-order valence-corrected chi connectivity index (χ0v) is 12.4. The molecule has 4 heteroatoms. The monoisotopic (exact) mass is 268 g/mol. The molecule has 1 aliphatic rings. The molecular weight excluding hydrogens is 244 g/mol. The maximum absolute atomic E-state index is 5.33. The molecule has 1 saturated heterocycles. The van der Waals surface area contributed by atoms with E-state index in [2.05, 4.69) is 12.1 Å². The quantitative estimate of drug-likeness (QED) is 0.769. The van der Waals surface area contributed by atoms with Crippen molar-refractivity contribution in [2.45, 2.75) is 26.1 Å². The van der Waals surface area contributed by atoms with E-state index in [9.17, 15) is 0 Å². The molecule has 0 radical (unpaired) electrons. The highest BCUT2D eigenvalue weighted by molar-refractivity contribution is 5.40. The van der Waals surface area contributed by atoms with Gasteiger partial charge >= 0.3 is 0 Å². The lowest BCUT2D eigenvalue weighted by molar-refractivity contribution is -0.107. The average Bonchev–Trinajstić information content (AvgIpc) is 2.41. The Labute approximate surface area is 115 Å². The molecule has 1 aliphatic heterocycles. The minimum atomic E-state index is -0.397. The predicted octanol–water partition coefficient (Wildman–Crippen LogP) is 3.13. The van der Waals surface area contributed by atoms with Crippen molar-refractivity contribution >= 4 is 0 Å². The number of methoxy groups -OCH3 is 3. The molecule has 1 aromatic carbocycles. The van der Waals surface area contributed by atoms with Crippen LogP contribution in [0.4, 0.5) is 0 Å². The van der Waals surface area contributed by atoms with Crippen LogP contribution in [0, 0.1) is 0 Å². The summed E-state index contributed by atoms with van der Waals surface area (Å²) < 4.78 is 21.1. The van der Waals surface area contributed by atoms with Gasteiger partial charge in [0.25, 0.3) is 0 Å². The van der Waals surface area contributed by atoms with Gasteiger partial charge in [-0.1, -0.05) is 19.9 Å². The highest BCUT2D eigenvalue weighted by atomic mass is 16.7. The lowest BCUT2D eigenvalue weighted by Gasteiger charge is -2.27. The number of hydrogen-bond donors (Lipinski definition) is 0. The van der Waals surface area contributed by atoms with Gasteiger partial charge in [0.15, 0.2) is 6.29 Å². The first-order valence-corrected chi connectivity index (χ1v) is 6.61. The lowest BCUT2D eigenvalue weighted by Crippen LogP contribution is -2.25. The van der Waals surface area contributed by atoms with Gasteiger partial charge < -0.3 is 18.9 Å². The van der Waals surface area contributed by atoms with Crippen LogP contribution in [0.25, 0.3) is 0 Å². The molecule has 0 aromatic heterocycles. The Kier molecular flexibility index (Phi) is 6.84. The van der Waals surface area contributed by atoms with E-state index in [4.69, 9.17) is 18.9 Å². The normalized spacial score (nSPS) is 14.6. The fourth-order valence-electron chi connectivity index (χ4n) is 1.97. The first-order valence-electron chi connectivity index (χ1n) is 6.61. The maximum atomic E-state index is 5.33. The molecule has 0 spiro atoms. The van der Waals surface area contributed by atoms with Crippen molar-refractivity contribution in [2.75, 3.05) is 34.5 Å². The maximum Gasteiger partial charge on any atom is 0.186 e. The Morgan fingerprint density at radius 3 is 2.16 bits per heavy atom. The van der Waals surface area contributed by atoms with Crippen LogP contribution in [0.5, 0.6) is 5.75 Å². The fourth-order valence-corrected chi connectivity index (χ4v) is 1.97. The third-order valence-electron chi connectivity index (χ3n) is 3.05. The molecule has 0 bridgehead atoms. The summed E-state index contributed by atoms with van der Waals surface area (Å²) in [6.45, 7) is 5.58. The molecule has 1 heterocycles. The standard InChI is InChI=1S/C13H18O4.C2H6/c1-14-12-5-4-9(10-7-17-8-10)6-11(12)13(15-2)16-3;1-2/h4-6,10,13H,7-8H2,1-3H3;1-2H3. The second-order valence-corrected chi connectivity index (χ2v) is 4.04. The van der Waals surface area contributed by atoms with Crippen LogP contribution in [0.3, 0.4) is 0 Å². The van der Waals surface area contributed by atoms with Gasteiger partial charge in [-0.05, 0) is 17.7 Å². The molecule has 1 aromatic rings. The highest BCUT2D eigenvalue weighted by Crippen LogP contribution is 2.33. The van der Waals surface area contributed by atoms with Gasteiger partial charge in [0.2, 0.25) is 0 Å². The van der Waals surface area contributed by atoms with E-state index in [1.165, 1.54) is 5.56 Å². The van der Waals surface area contributed by atoms with Gasteiger partial charge in [-0.15, -0.1) is 0 Å². The van der Waals surface area contributed by atoms with Crippen molar-refractivity contribution in [1.82, 2.24) is 0 Å². The smallest absolute Gasteiger partial charge is 0.186 e. The highest BCUT2D eigenvalue weighted by Gasteiger charge is 2.23. The summed E-state index contributed by atoms with van der Waals surface area (Å²) in [6, 6.07) is 6.09. The molecule has 0 amide bonds. The third kappa shape index (κ3) is 3.69. The molecule has 0 aliphatic carbocycles. The summed E-state index contributed by atoms with van der Waals surface area (Å²) in [7, 11) is 4.88. The first-order chi connectivity index (χ1) is 9.30. The molecule has 0 N–H and O–H groups in total.